The van der Waals surface area contributed by atoms with E-state index < -0.39 is 0 Å². The second kappa shape index (κ2) is 8.18. The first kappa shape index (κ1) is 16.0. The molecule has 1 aliphatic rings. The lowest BCUT2D eigenvalue weighted by Gasteiger charge is -2.24. The molecule has 19 heavy (non-hydrogen) atoms. The molecule has 1 amide bonds. The maximum Gasteiger partial charge on any atom is 0.227 e. The number of carbonyl (C=O) groups is 1. The van der Waals surface area contributed by atoms with Crippen LogP contribution in [0.1, 0.15) is 36.8 Å². The third-order valence-electron chi connectivity index (χ3n) is 3.54. The molecule has 1 aromatic carbocycles. The van der Waals surface area contributed by atoms with Gasteiger partial charge in [-0.1, -0.05) is 31.2 Å². The monoisotopic (exact) mass is 282 g/mol. The molecule has 1 aromatic rings. The third kappa shape index (κ3) is 4.22. The van der Waals surface area contributed by atoms with Crippen molar-refractivity contribution in [2.24, 2.45) is 0 Å². The van der Waals surface area contributed by atoms with Gasteiger partial charge in [-0.3, -0.25) is 4.79 Å². The molecule has 1 unspecified atom stereocenters. The summed E-state index contributed by atoms with van der Waals surface area (Å²) in [6, 6.07) is 8.34. The van der Waals surface area contributed by atoms with Gasteiger partial charge in [0.15, 0.2) is 0 Å². The Bertz CT molecular complexity index is 409. The summed E-state index contributed by atoms with van der Waals surface area (Å²) in [5.74, 6) is 0.233. The van der Waals surface area contributed by atoms with Crippen LogP contribution in [-0.4, -0.2) is 25.5 Å². The van der Waals surface area contributed by atoms with Gasteiger partial charge in [0, 0.05) is 13.1 Å². The van der Waals surface area contributed by atoms with E-state index in [1.807, 2.05) is 6.07 Å². The minimum Gasteiger partial charge on any atom is -0.354 e. The number of fused-ring (bicyclic) bond motifs is 1. The van der Waals surface area contributed by atoms with Gasteiger partial charge in [-0.2, -0.15) is 0 Å². The largest absolute Gasteiger partial charge is 0.354 e. The lowest BCUT2D eigenvalue weighted by atomic mass is 9.82. The number of benzene rings is 1. The van der Waals surface area contributed by atoms with Gasteiger partial charge in [-0.25, -0.2) is 0 Å². The molecule has 0 aromatic heterocycles. The average Bonchev–Trinajstić information content (AvgIpc) is 2.43. The Balaban J connectivity index is 0.00000180. The molecule has 106 valence electrons. The van der Waals surface area contributed by atoms with E-state index in [0.29, 0.717) is 6.54 Å². The second-order valence-corrected chi connectivity index (χ2v) is 4.79. The van der Waals surface area contributed by atoms with Crippen LogP contribution >= 0.6 is 12.4 Å². The summed E-state index contributed by atoms with van der Waals surface area (Å²) < 4.78 is 0. The summed E-state index contributed by atoms with van der Waals surface area (Å²) in [5.41, 5.74) is 2.57. The number of halogens is 1. The summed E-state index contributed by atoms with van der Waals surface area (Å²) >= 11 is 0. The molecule has 0 aliphatic heterocycles. The van der Waals surface area contributed by atoms with E-state index in [1.165, 1.54) is 11.1 Å². The third-order valence-corrected chi connectivity index (χ3v) is 3.54. The Morgan fingerprint density at radius 2 is 2.11 bits per heavy atom. The van der Waals surface area contributed by atoms with Crippen molar-refractivity contribution in [2.45, 2.75) is 32.1 Å². The first-order chi connectivity index (χ1) is 8.83. The van der Waals surface area contributed by atoms with Crippen LogP contribution in [0.25, 0.3) is 0 Å². The smallest absolute Gasteiger partial charge is 0.227 e. The molecule has 0 saturated carbocycles. The van der Waals surface area contributed by atoms with Crippen molar-refractivity contribution in [3.63, 3.8) is 0 Å². The second-order valence-electron chi connectivity index (χ2n) is 4.79. The molecule has 2 rings (SSSR count). The molecule has 1 aliphatic carbocycles. The Hall–Kier alpha value is -1.06. The molecular weight excluding hydrogens is 260 g/mol. The van der Waals surface area contributed by atoms with Crippen LogP contribution in [0.4, 0.5) is 0 Å². The molecule has 0 heterocycles. The normalized spacial score (nSPS) is 17.2. The van der Waals surface area contributed by atoms with Gasteiger partial charge in [0.2, 0.25) is 5.91 Å². The molecule has 0 radical (unpaired) electrons. The van der Waals surface area contributed by atoms with Crippen LogP contribution < -0.4 is 10.6 Å². The maximum atomic E-state index is 12.2. The predicted molar refractivity (Wildman–Crippen MR) is 80.9 cm³/mol. The van der Waals surface area contributed by atoms with Gasteiger partial charge in [0.1, 0.15) is 0 Å². The summed E-state index contributed by atoms with van der Waals surface area (Å²) in [7, 11) is 0. The molecule has 0 fully saturated rings. The van der Waals surface area contributed by atoms with Crippen LogP contribution in [0, 0.1) is 0 Å². The molecule has 1 atom stereocenters. The zero-order valence-electron chi connectivity index (χ0n) is 11.4. The fourth-order valence-electron chi connectivity index (χ4n) is 2.60. The van der Waals surface area contributed by atoms with Gasteiger partial charge in [0.25, 0.3) is 0 Å². The van der Waals surface area contributed by atoms with Crippen LogP contribution in [-0.2, 0) is 11.2 Å². The zero-order valence-corrected chi connectivity index (χ0v) is 12.3. The number of hydrogen-bond acceptors (Lipinski definition) is 2. The molecule has 4 heteroatoms. The molecule has 0 bridgehead atoms. The van der Waals surface area contributed by atoms with Crippen LogP contribution in [0.15, 0.2) is 24.3 Å². The summed E-state index contributed by atoms with van der Waals surface area (Å²) in [6.45, 7) is 4.57. The van der Waals surface area contributed by atoms with Gasteiger partial charge in [-0.15, -0.1) is 12.4 Å². The number of aryl methyl sites for hydroxylation is 1. The molecule has 2 N–H and O–H groups in total. The molecular formula is C15H23ClN2O. The highest BCUT2D eigenvalue weighted by Crippen LogP contribution is 2.31. The van der Waals surface area contributed by atoms with Gasteiger partial charge in [-0.05, 0) is 36.9 Å². The topological polar surface area (TPSA) is 41.1 Å². The van der Waals surface area contributed by atoms with Crippen molar-refractivity contribution in [1.82, 2.24) is 10.6 Å². The lowest BCUT2D eigenvalue weighted by molar-refractivity contribution is -0.122. The minimum absolute atomic E-state index is 0. The highest BCUT2D eigenvalue weighted by atomic mass is 35.5. The van der Waals surface area contributed by atoms with E-state index in [-0.39, 0.29) is 24.2 Å². The molecule has 0 saturated heterocycles. The van der Waals surface area contributed by atoms with Crippen molar-refractivity contribution in [1.29, 1.82) is 0 Å². The van der Waals surface area contributed by atoms with Crippen LogP contribution in [0.3, 0.4) is 0 Å². The van der Waals surface area contributed by atoms with E-state index in [1.54, 1.807) is 0 Å². The van der Waals surface area contributed by atoms with Crippen molar-refractivity contribution in [2.75, 3.05) is 19.6 Å². The van der Waals surface area contributed by atoms with Gasteiger partial charge < -0.3 is 10.6 Å². The summed E-state index contributed by atoms with van der Waals surface area (Å²) in [6.07, 6.45) is 3.20. The van der Waals surface area contributed by atoms with E-state index >= 15 is 0 Å². The average molecular weight is 283 g/mol. The van der Waals surface area contributed by atoms with E-state index in [4.69, 9.17) is 0 Å². The van der Waals surface area contributed by atoms with E-state index in [9.17, 15) is 4.79 Å². The number of nitrogens with one attached hydrogen (secondary N) is 2. The first-order valence-corrected chi connectivity index (χ1v) is 6.89. The lowest BCUT2D eigenvalue weighted by Crippen LogP contribution is -2.36. The zero-order chi connectivity index (χ0) is 12.8. The van der Waals surface area contributed by atoms with Crippen molar-refractivity contribution >= 4 is 18.3 Å². The quantitative estimate of drug-likeness (QED) is 0.814. The Morgan fingerprint density at radius 1 is 1.32 bits per heavy atom. The highest BCUT2D eigenvalue weighted by Gasteiger charge is 2.25. The fraction of sp³-hybridized carbons (Fsp3) is 0.533. The van der Waals surface area contributed by atoms with Crippen molar-refractivity contribution in [3.8, 4) is 0 Å². The fourth-order valence-corrected chi connectivity index (χ4v) is 2.60. The van der Waals surface area contributed by atoms with E-state index in [2.05, 4.69) is 35.8 Å². The molecule has 0 spiro atoms. The summed E-state index contributed by atoms with van der Waals surface area (Å²) in [4.78, 5) is 12.2. The molecule has 3 nitrogen and oxygen atoms in total. The van der Waals surface area contributed by atoms with Gasteiger partial charge in [0.05, 0.1) is 5.92 Å². The van der Waals surface area contributed by atoms with E-state index in [0.717, 1.165) is 32.4 Å². The standard InChI is InChI=1S/C15H22N2O.ClH/c1-2-16-10-11-17-15(18)14-9-5-7-12-6-3-4-8-13(12)14;/h3-4,6,8,14,16H,2,5,7,9-11H2,1H3,(H,17,18);1H. The highest BCUT2D eigenvalue weighted by molar-refractivity contribution is 5.85. The summed E-state index contributed by atoms with van der Waals surface area (Å²) in [5, 5.41) is 6.24. The number of hydrogen-bond donors (Lipinski definition) is 2. The number of carbonyl (C=O) groups excluding carboxylic acids is 1. The number of rotatable bonds is 5. The number of likely N-dealkylation sites (N-methyl/N-ethyl adjacent to an activating group) is 1. The van der Waals surface area contributed by atoms with Crippen molar-refractivity contribution < 1.29 is 4.79 Å². The van der Waals surface area contributed by atoms with Gasteiger partial charge >= 0.3 is 0 Å². The van der Waals surface area contributed by atoms with Crippen LogP contribution in [0.5, 0.6) is 0 Å². The Kier molecular flexibility index (Phi) is 6.89. The first-order valence-electron chi connectivity index (χ1n) is 6.89. The van der Waals surface area contributed by atoms with Crippen molar-refractivity contribution in [3.05, 3.63) is 35.4 Å². The minimum atomic E-state index is 0. The number of amides is 1. The van der Waals surface area contributed by atoms with Crippen LogP contribution in [0.2, 0.25) is 0 Å². The SMILES string of the molecule is CCNCCNC(=O)C1CCCc2ccccc21.Cl. The Morgan fingerprint density at radius 3 is 2.89 bits per heavy atom. The maximum absolute atomic E-state index is 12.2. The Labute approximate surface area is 121 Å². The predicted octanol–water partition coefficient (Wildman–Crippen LogP) is 2.25.